The molecule has 1 aliphatic heterocycles. The number of nitrogens with one attached hydrogen (secondary N) is 1. The molecule has 2 aromatic rings. The molecule has 7 nitrogen and oxygen atoms in total. The van der Waals surface area contributed by atoms with Crippen molar-refractivity contribution in [2.45, 2.75) is 84.4 Å². The predicted octanol–water partition coefficient (Wildman–Crippen LogP) is 5.66. The second-order valence-corrected chi connectivity index (χ2v) is 10.5. The number of oxime groups is 1. The van der Waals surface area contributed by atoms with Gasteiger partial charge in [-0.2, -0.15) is 23.3 Å². The maximum absolute atomic E-state index is 13.4. The lowest BCUT2D eigenvalue weighted by Crippen LogP contribution is -2.23. The summed E-state index contributed by atoms with van der Waals surface area (Å²) in [6.45, 7) is 9.34. The second kappa shape index (κ2) is 11.4. The highest BCUT2D eigenvalue weighted by molar-refractivity contribution is 7.09. The van der Waals surface area contributed by atoms with Gasteiger partial charge in [0.2, 0.25) is 4.80 Å². The van der Waals surface area contributed by atoms with Crippen LogP contribution >= 0.6 is 11.3 Å². The van der Waals surface area contributed by atoms with Gasteiger partial charge in [0.15, 0.2) is 5.75 Å². The molecule has 0 bridgehead atoms. The molecular weight excluding hydrogens is 479 g/mol. The lowest BCUT2D eigenvalue weighted by atomic mass is 9.98. The Labute approximate surface area is 207 Å². The summed E-state index contributed by atoms with van der Waals surface area (Å²) in [5.41, 5.74) is -1.52. The molecule has 0 unspecified atom stereocenters. The number of benzene rings is 1. The van der Waals surface area contributed by atoms with E-state index in [2.05, 4.69) is 20.6 Å². The van der Waals surface area contributed by atoms with Crippen molar-refractivity contribution in [2.75, 3.05) is 6.54 Å². The summed E-state index contributed by atoms with van der Waals surface area (Å²) in [6, 6.07) is 2.76. The fraction of sp³-hybridized carbons (Fsp3) is 0.583. The lowest BCUT2D eigenvalue weighted by molar-refractivity contribution is -0.137. The third kappa shape index (κ3) is 7.39. The summed E-state index contributed by atoms with van der Waals surface area (Å²) >= 11 is 1.26. The van der Waals surface area contributed by atoms with E-state index in [1.54, 1.807) is 4.68 Å². The van der Waals surface area contributed by atoms with Crippen LogP contribution in [0.2, 0.25) is 0 Å². The minimum Gasteiger partial charge on any atom is -0.371 e. The summed E-state index contributed by atoms with van der Waals surface area (Å²) < 4.78 is 41.9. The lowest BCUT2D eigenvalue weighted by Gasteiger charge is -2.12. The Hall–Kier alpha value is -2.69. The molecule has 1 N–H and O–H groups in total. The first kappa shape index (κ1) is 26.9. The first-order chi connectivity index (χ1) is 16.5. The number of alkyl halides is 3. The molecule has 0 saturated carbocycles. The van der Waals surface area contributed by atoms with E-state index in [-0.39, 0.29) is 16.7 Å². The first-order valence-electron chi connectivity index (χ1n) is 11.9. The van der Waals surface area contributed by atoms with Crippen molar-refractivity contribution in [3.05, 3.63) is 39.1 Å². The van der Waals surface area contributed by atoms with Crippen molar-refractivity contribution >= 4 is 23.1 Å². The molecule has 1 saturated heterocycles. The number of carbonyl (C=O) groups is 1. The number of aromatic nitrogens is 2. The molecule has 192 valence electrons. The van der Waals surface area contributed by atoms with E-state index in [1.807, 2.05) is 27.7 Å². The Morgan fingerprint density at radius 2 is 2.00 bits per heavy atom. The molecule has 1 aromatic carbocycles. The Balaban J connectivity index is 2.03. The van der Waals surface area contributed by atoms with Crippen LogP contribution in [0.15, 0.2) is 28.3 Å². The topological polar surface area (TPSA) is 80.9 Å². The van der Waals surface area contributed by atoms with Crippen LogP contribution in [-0.4, -0.2) is 28.1 Å². The highest BCUT2D eigenvalue weighted by Gasteiger charge is 2.32. The normalized spacial score (nSPS) is 16.8. The van der Waals surface area contributed by atoms with Gasteiger partial charge in [-0.05, 0) is 37.5 Å². The van der Waals surface area contributed by atoms with Crippen molar-refractivity contribution in [3.8, 4) is 5.75 Å². The number of nitrogens with zero attached hydrogens (tertiary/aromatic N) is 4. The molecular formula is C24H32F3N5O2S. The molecule has 1 amide bonds. The fourth-order valence-corrected chi connectivity index (χ4v) is 4.33. The Bertz CT molecular complexity index is 1120. The maximum Gasteiger partial charge on any atom is 0.416 e. The summed E-state index contributed by atoms with van der Waals surface area (Å²) in [7, 11) is 0. The van der Waals surface area contributed by atoms with E-state index in [0.29, 0.717) is 23.6 Å². The molecule has 0 radical (unpaired) electrons. The van der Waals surface area contributed by atoms with E-state index in [4.69, 9.17) is 4.84 Å². The van der Waals surface area contributed by atoms with E-state index in [0.717, 1.165) is 61.9 Å². The molecule has 11 heteroatoms. The third-order valence-electron chi connectivity index (χ3n) is 5.39. The van der Waals surface area contributed by atoms with Crippen LogP contribution in [-0.2, 0) is 18.1 Å². The summed E-state index contributed by atoms with van der Waals surface area (Å²) in [5.74, 6) is -0.312. The predicted molar refractivity (Wildman–Crippen MR) is 130 cm³/mol. The second-order valence-electron chi connectivity index (χ2n) is 9.51. The van der Waals surface area contributed by atoms with E-state index in [1.165, 1.54) is 11.3 Å². The molecule has 1 fully saturated rings. The van der Waals surface area contributed by atoms with Crippen molar-refractivity contribution in [3.63, 3.8) is 0 Å². The summed E-state index contributed by atoms with van der Waals surface area (Å²) in [4.78, 5) is 23.2. The highest BCUT2D eigenvalue weighted by Crippen LogP contribution is 2.33. The standard InChI is InChI=1S/C24H32F3N5O2S/c1-5-6-14-32-22(35-21(30-32)23(2,3)4)29-20(33)17-15-16(24(25,26)27)11-12-18(17)34-31-19-10-8-7-9-13-28-19/h11-12,15H,5-10,13-14H2,1-4H3,(H,28,31)/b29-22-. The number of unbranched alkanes of at least 4 members (excludes halogenated alkanes) is 1. The molecule has 1 aromatic heterocycles. The number of amides is 1. The van der Waals surface area contributed by atoms with Crippen LogP contribution in [0.4, 0.5) is 13.2 Å². The SMILES string of the molecule is CCCCn1nc(C(C)(C)C)s/c1=N\C(=O)c1cc(C(F)(F)F)ccc1O/N=C1/CCCCCN1. The monoisotopic (exact) mass is 511 g/mol. The van der Waals surface area contributed by atoms with Gasteiger partial charge in [0.25, 0.3) is 5.91 Å². The minimum atomic E-state index is -4.62. The van der Waals surface area contributed by atoms with Gasteiger partial charge in [0, 0.05) is 24.9 Å². The third-order valence-corrected chi connectivity index (χ3v) is 6.77. The zero-order chi connectivity index (χ0) is 25.6. The van der Waals surface area contributed by atoms with Crippen molar-refractivity contribution in [1.82, 2.24) is 15.1 Å². The van der Waals surface area contributed by atoms with Gasteiger partial charge in [0.1, 0.15) is 10.8 Å². The largest absolute Gasteiger partial charge is 0.416 e. The van der Waals surface area contributed by atoms with Crippen LogP contribution in [0.25, 0.3) is 0 Å². The zero-order valence-electron chi connectivity index (χ0n) is 20.5. The van der Waals surface area contributed by atoms with Gasteiger partial charge in [-0.1, -0.05) is 57.0 Å². The maximum atomic E-state index is 13.4. The first-order valence-corrected chi connectivity index (χ1v) is 12.7. The average Bonchev–Trinajstić information content (AvgIpc) is 3.01. The zero-order valence-corrected chi connectivity index (χ0v) is 21.4. The minimum absolute atomic E-state index is 0.0778. The van der Waals surface area contributed by atoms with Crippen molar-refractivity contribution in [2.24, 2.45) is 10.1 Å². The van der Waals surface area contributed by atoms with E-state index >= 15 is 0 Å². The van der Waals surface area contributed by atoms with E-state index in [9.17, 15) is 18.0 Å². The van der Waals surface area contributed by atoms with Crippen LogP contribution in [0.5, 0.6) is 5.75 Å². The smallest absolute Gasteiger partial charge is 0.371 e. The number of rotatable bonds is 6. The van der Waals surface area contributed by atoms with Gasteiger partial charge in [-0.25, -0.2) is 4.68 Å². The van der Waals surface area contributed by atoms with Crippen molar-refractivity contribution in [1.29, 1.82) is 0 Å². The van der Waals surface area contributed by atoms with Crippen molar-refractivity contribution < 1.29 is 22.8 Å². The van der Waals surface area contributed by atoms with Gasteiger partial charge < -0.3 is 10.2 Å². The quantitative estimate of drug-likeness (QED) is 0.508. The number of amidine groups is 1. The van der Waals surface area contributed by atoms with Crippen LogP contribution < -0.4 is 15.0 Å². The molecule has 0 atom stereocenters. The number of hydrogen-bond acceptors (Lipinski definition) is 5. The van der Waals surface area contributed by atoms with Gasteiger partial charge in [-0.3, -0.25) is 4.79 Å². The number of aryl methyl sites for hydroxylation is 1. The van der Waals surface area contributed by atoms with Gasteiger partial charge in [-0.15, -0.1) is 0 Å². The van der Waals surface area contributed by atoms with Crippen LogP contribution in [0.3, 0.4) is 0 Å². The summed E-state index contributed by atoms with van der Waals surface area (Å²) in [6.07, 6.45) is 0.793. The van der Waals surface area contributed by atoms with Gasteiger partial charge >= 0.3 is 6.18 Å². The highest BCUT2D eigenvalue weighted by atomic mass is 32.1. The summed E-state index contributed by atoms with van der Waals surface area (Å²) in [5, 5.41) is 12.6. The van der Waals surface area contributed by atoms with E-state index < -0.39 is 17.6 Å². The van der Waals surface area contributed by atoms with Crippen LogP contribution in [0, 0.1) is 0 Å². The Kier molecular flexibility index (Phi) is 8.74. The molecule has 0 spiro atoms. The number of carbonyl (C=O) groups excluding carboxylic acids is 1. The molecule has 3 rings (SSSR count). The molecule has 0 aliphatic carbocycles. The number of hydrogen-bond donors (Lipinski definition) is 1. The molecule has 1 aliphatic rings. The van der Waals surface area contributed by atoms with Gasteiger partial charge in [0.05, 0.1) is 11.1 Å². The molecule has 35 heavy (non-hydrogen) atoms. The Morgan fingerprint density at radius 3 is 2.69 bits per heavy atom. The fourth-order valence-electron chi connectivity index (χ4n) is 3.35. The Morgan fingerprint density at radius 1 is 1.23 bits per heavy atom. The molecule has 2 heterocycles. The van der Waals surface area contributed by atoms with Crippen LogP contribution in [0.1, 0.15) is 87.1 Å². The average molecular weight is 512 g/mol. The number of halogens is 3.